The minimum atomic E-state index is 0.678. The summed E-state index contributed by atoms with van der Waals surface area (Å²) in [6, 6.07) is 39.2. The Kier molecular flexibility index (Phi) is 8.26. The molecule has 0 unspecified atom stereocenters. The van der Waals surface area contributed by atoms with Crippen molar-refractivity contribution in [3.8, 4) is 34.1 Å². The molecule has 272 valence electrons. The van der Waals surface area contributed by atoms with E-state index in [2.05, 4.69) is 168 Å². The predicted molar refractivity (Wildman–Crippen MR) is 217 cm³/mol. The Morgan fingerprint density at radius 3 is 2.22 bits per heavy atom. The molecule has 13 rings (SSSR count). The van der Waals surface area contributed by atoms with Crippen LogP contribution in [0.2, 0.25) is 0 Å². The molecule has 5 aromatic heterocycles. The zero-order chi connectivity index (χ0) is 37.2. The molecule has 0 N–H and O–H groups in total. The van der Waals surface area contributed by atoms with Crippen molar-refractivity contribution in [1.29, 1.82) is 0 Å². The van der Waals surface area contributed by atoms with Crippen LogP contribution in [0.25, 0.3) is 50.0 Å². The Balaban J connectivity index is 1.04. The van der Waals surface area contributed by atoms with Crippen LogP contribution in [0, 0.1) is 24.6 Å². The maximum atomic E-state index is 6.64. The van der Waals surface area contributed by atoms with Gasteiger partial charge in [-0.1, -0.05) is 36.4 Å². The molecule has 7 heterocycles. The van der Waals surface area contributed by atoms with Crippen molar-refractivity contribution in [2.24, 2.45) is 0 Å². The number of aryl methyl sites for hydroxylation is 5. The number of nitrogens with zero attached hydrogens (tertiary/aromatic N) is 5. The third-order valence-corrected chi connectivity index (χ3v) is 12.5. The second-order valence-corrected chi connectivity index (χ2v) is 15.7. The van der Waals surface area contributed by atoms with E-state index in [4.69, 9.17) is 9.72 Å². The number of rotatable bonds is 5. The van der Waals surface area contributed by atoms with Crippen LogP contribution in [0.3, 0.4) is 0 Å². The average molecular weight is 897 g/mol. The summed E-state index contributed by atoms with van der Waals surface area (Å²) in [5, 5.41) is 2.31. The number of benzene rings is 4. The first-order valence-corrected chi connectivity index (χ1v) is 20.0. The molecule has 4 aliphatic rings. The average Bonchev–Trinajstić information content (AvgIpc) is 3.72. The number of aromatic nitrogens is 5. The Morgan fingerprint density at radius 2 is 1.40 bits per heavy atom. The van der Waals surface area contributed by atoms with Crippen molar-refractivity contribution in [3.05, 3.63) is 177 Å². The van der Waals surface area contributed by atoms with Crippen molar-refractivity contribution in [1.82, 2.24) is 23.5 Å². The molecule has 4 bridgehead atoms. The topological polar surface area (TPSA) is 49.3 Å². The predicted octanol–water partition coefficient (Wildman–Crippen LogP) is 11.0. The van der Waals surface area contributed by atoms with E-state index in [1.54, 1.807) is 6.20 Å². The Hall–Kier alpha value is -5.84. The van der Waals surface area contributed by atoms with Crippen molar-refractivity contribution < 1.29 is 24.1 Å². The van der Waals surface area contributed by atoms with Gasteiger partial charge in [0.05, 0.1) is 0 Å². The molecule has 6 nitrogen and oxygen atoms in total. The molecule has 4 aromatic carbocycles. The summed E-state index contributed by atoms with van der Waals surface area (Å²) in [4.78, 5) is 9.49. The monoisotopic (exact) mass is 896 g/mol. The first-order valence-electron chi connectivity index (χ1n) is 18.9. The molecule has 0 amide bonds. The van der Waals surface area contributed by atoms with E-state index >= 15 is 0 Å². The Bertz CT molecular complexity index is 3030. The van der Waals surface area contributed by atoms with Gasteiger partial charge in [0.15, 0.2) is 0 Å². The van der Waals surface area contributed by atoms with Gasteiger partial charge in [-0.3, -0.25) is 0 Å². The number of hydrogen-bond donors (Lipinski definition) is 0. The minimum absolute atomic E-state index is 0.678. The molecule has 0 radical (unpaired) electrons. The zero-order valence-electron chi connectivity index (χ0n) is 31.0. The Morgan fingerprint density at radius 1 is 0.618 bits per heavy atom. The molecule has 2 aliphatic heterocycles. The molecule has 0 saturated carbocycles. The van der Waals surface area contributed by atoms with Gasteiger partial charge in [-0.15, -0.1) is 0 Å². The van der Waals surface area contributed by atoms with Crippen LogP contribution in [0.15, 0.2) is 134 Å². The normalized spacial score (nSPS) is 12.8. The van der Waals surface area contributed by atoms with Crippen LogP contribution in [0.4, 0.5) is 0 Å². The molecule has 7 heteroatoms. The first-order chi connectivity index (χ1) is 26.9. The van der Waals surface area contributed by atoms with Crippen LogP contribution >= 0.6 is 0 Å². The van der Waals surface area contributed by atoms with Gasteiger partial charge in [-0.05, 0) is 29.7 Å². The molecule has 0 atom stereocenters. The zero-order valence-corrected chi connectivity index (χ0v) is 33.3. The van der Waals surface area contributed by atoms with Crippen LogP contribution in [0.1, 0.15) is 39.1 Å². The van der Waals surface area contributed by atoms with Crippen molar-refractivity contribution in [2.45, 2.75) is 46.5 Å². The molecule has 0 spiro atoms. The van der Waals surface area contributed by atoms with Gasteiger partial charge in [0, 0.05) is 6.20 Å². The fraction of sp³-hybridized carbons (Fsp3) is 0.146. The molecular formula is C48H39N5OPt. The van der Waals surface area contributed by atoms with Gasteiger partial charge in [-0.2, -0.15) is 0 Å². The number of ether oxygens (including phenoxy) is 1. The van der Waals surface area contributed by atoms with Crippen molar-refractivity contribution >= 4 is 27.3 Å². The second kappa shape index (κ2) is 13.5. The van der Waals surface area contributed by atoms with E-state index in [0.29, 0.717) is 5.75 Å². The standard InChI is InChI=1S/C48H39N5O.Pt/c1-31-21-22-50-48(23-31)53-45-20-15-38(36-7-5-4-6-8-36)24-44(45)43-19-18-41(26-46(43)53)54-42-25-40(27-49-28-42)51-29-47-37-12-11-34-9-10-35(33(3)32(34)2)13-16-39(17-14-37)52(47)30-51;/h4-10,14-15,17-29H,11-13,16H2,1-3H3;. The van der Waals surface area contributed by atoms with Crippen LogP contribution < -0.4 is 4.74 Å². The van der Waals surface area contributed by atoms with Crippen LogP contribution in [-0.2, 0) is 45.0 Å². The van der Waals surface area contributed by atoms with Crippen molar-refractivity contribution in [3.63, 3.8) is 0 Å². The van der Waals surface area contributed by atoms with Crippen LogP contribution in [0.5, 0.6) is 11.5 Å². The summed E-state index contributed by atoms with van der Waals surface area (Å²) >= 11 is 2.47. The number of hydrogen-bond acceptors (Lipinski definition) is 3. The van der Waals surface area contributed by atoms with Gasteiger partial charge >= 0.3 is 260 Å². The van der Waals surface area contributed by atoms with E-state index in [1.165, 1.54) is 55.5 Å². The van der Waals surface area contributed by atoms with E-state index in [9.17, 15) is 0 Å². The van der Waals surface area contributed by atoms with E-state index in [1.807, 2.05) is 18.5 Å². The first kappa shape index (κ1) is 33.7. The summed E-state index contributed by atoms with van der Waals surface area (Å²) in [7, 11) is 0. The van der Waals surface area contributed by atoms with E-state index < -0.39 is 0 Å². The Labute approximate surface area is 330 Å². The SMILES string of the molecule is Cc1ccnc(-n2c3ccc(-c4ccccc4)cc3c3ccc(Oc4cncc(-n5cc6c7ccc(n6[c]5=[Pt])CCc5ccc(c(C)c5C)CC7)c4)cc32)c1. The van der Waals surface area contributed by atoms with Crippen LogP contribution in [-0.4, -0.2) is 23.5 Å². The summed E-state index contributed by atoms with van der Waals surface area (Å²) in [5.41, 5.74) is 16.3. The third kappa shape index (κ3) is 5.87. The molecule has 9 aromatic rings. The second-order valence-electron chi connectivity index (χ2n) is 14.7. The number of fused-ring (bicyclic) bond motifs is 3. The number of pyridine rings is 3. The summed E-state index contributed by atoms with van der Waals surface area (Å²) in [6.07, 6.45) is 11.8. The van der Waals surface area contributed by atoms with Gasteiger partial charge in [0.2, 0.25) is 0 Å². The van der Waals surface area contributed by atoms with Gasteiger partial charge in [0.1, 0.15) is 0 Å². The molecule has 2 aliphatic carbocycles. The van der Waals surface area contributed by atoms with Crippen molar-refractivity contribution in [2.75, 3.05) is 0 Å². The summed E-state index contributed by atoms with van der Waals surface area (Å²) in [5.74, 6) is 2.29. The van der Waals surface area contributed by atoms with Gasteiger partial charge < -0.3 is 0 Å². The van der Waals surface area contributed by atoms with E-state index in [0.717, 1.165) is 68.7 Å². The maximum absolute atomic E-state index is 6.64. The quantitative estimate of drug-likeness (QED) is 0.173. The molecule has 55 heavy (non-hydrogen) atoms. The van der Waals surface area contributed by atoms with Gasteiger partial charge in [0.25, 0.3) is 0 Å². The van der Waals surface area contributed by atoms with E-state index in [-0.39, 0.29) is 0 Å². The summed E-state index contributed by atoms with van der Waals surface area (Å²) < 4.78 is 14.7. The fourth-order valence-electron chi connectivity index (χ4n) is 8.36. The van der Waals surface area contributed by atoms with Gasteiger partial charge in [-0.25, -0.2) is 0 Å². The number of imidazole rings is 1. The molecular weight excluding hydrogens is 858 g/mol. The summed E-state index contributed by atoms with van der Waals surface area (Å²) in [6.45, 7) is 6.68. The fourth-order valence-corrected chi connectivity index (χ4v) is 9.40. The third-order valence-electron chi connectivity index (χ3n) is 11.5. The molecule has 0 saturated heterocycles. The molecule has 0 fully saturated rings.